The zero-order valence-corrected chi connectivity index (χ0v) is 12.7. The van der Waals surface area contributed by atoms with Crippen molar-refractivity contribution in [3.05, 3.63) is 0 Å². The number of nitrogens with one attached hydrogen (secondary N) is 1. The van der Waals surface area contributed by atoms with Crippen molar-refractivity contribution in [2.24, 2.45) is 11.8 Å². The van der Waals surface area contributed by atoms with Gasteiger partial charge in [0, 0.05) is 19.2 Å². The Kier molecular flexibility index (Phi) is 8.70. The Labute approximate surface area is 114 Å². The molecule has 0 aromatic carbocycles. The molecule has 0 aromatic heterocycles. The summed E-state index contributed by atoms with van der Waals surface area (Å²) in [6.45, 7) is 9.63. The fraction of sp³-hybridized carbons (Fsp3) is 1.00. The molecule has 1 N–H and O–H groups in total. The molecule has 108 valence electrons. The summed E-state index contributed by atoms with van der Waals surface area (Å²) in [5, 5.41) is 3.64. The van der Waals surface area contributed by atoms with Crippen LogP contribution in [0.1, 0.15) is 65.7 Å². The second kappa shape index (κ2) is 9.80. The lowest BCUT2D eigenvalue weighted by atomic mass is 9.93. The van der Waals surface area contributed by atoms with Crippen LogP contribution in [0.4, 0.5) is 0 Å². The number of rotatable bonds is 8. The van der Waals surface area contributed by atoms with Crippen LogP contribution in [0.15, 0.2) is 0 Å². The molecule has 0 saturated heterocycles. The third-order valence-corrected chi connectivity index (χ3v) is 4.16. The predicted octanol–water partition coefficient (Wildman–Crippen LogP) is 4.00. The smallest absolute Gasteiger partial charge is 0.0591 e. The van der Waals surface area contributed by atoms with Crippen molar-refractivity contribution in [1.29, 1.82) is 0 Å². The van der Waals surface area contributed by atoms with Crippen LogP contribution in [0.3, 0.4) is 0 Å². The summed E-state index contributed by atoms with van der Waals surface area (Å²) in [6.07, 6.45) is 9.77. The maximum Gasteiger partial charge on any atom is 0.0591 e. The zero-order chi connectivity index (χ0) is 13.2. The second-order valence-corrected chi connectivity index (χ2v) is 6.29. The first-order valence-electron chi connectivity index (χ1n) is 8.01. The SMILES string of the molecule is CC(C)CCOCCN[C@H](C)C1CCCCCC1. The van der Waals surface area contributed by atoms with Gasteiger partial charge in [0.15, 0.2) is 0 Å². The van der Waals surface area contributed by atoms with Crippen molar-refractivity contribution in [3.8, 4) is 0 Å². The molecule has 0 aromatic rings. The Balaban J connectivity index is 2.00. The van der Waals surface area contributed by atoms with E-state index in [0.717, 1.165) is 31.6 Å². The first-order chi connectivity index (χ1) is 8.70. The van der Waals surface area contributed by atoms with Gasteiger partial charge in [-0.1, -0.05) is 39.5 Å². The summed E-state index contributed by atoms with van der Waals surface area (Å²) < 4.78 is 5.64. The summed E-state index contributed by atoms with van der Waals surface area (Å²) in [6, 6.07) is 0.664. The fourth-order valence-corrected chi connectivity index (χ4v) is 2.76. The highest BCUT2D eigenvalue weighted by Gasteiger charge is 2.18. The summed E-state index contributed by atoms with van der Waals surface area (Å²) in [5.41, 5.74) is 0. The lowest BCUT2D eigenvalue weighted by molar-refractivity contribution is 0.121. The Hall–Kier alpha value is -0.0800. The van der Waals surface area contributed by atoms with Crippen LogP contribution in [0.2, 0.25) is 0 Å². The molecular weight excluding hydrogens is 222 g/mol. The molecule has 18 heavy (non-hydrogen) atoms. The molecule has 0 radical (unpaired) electrons. The minimum atomic E-state index is 0.664. The molecule has 2 nitrogen and oxygen atoms in total. The third kappa shape index (κ3) is 7.38. The highest BCUT2D eigenvalue weighted by Crippen LogP contribution is 2.25. The van der Waals surface area contributed by atoms with Gasteiger partial charge in [-0.25, -0.2) is 0 Å². The molecular formula is C16H33NO. The van der Waals surface area contributed by atoms with E-state index in [0.29, 0.717) is 6.04 Å². The Morgan fingerprint density at radius 3 is 2.28 bits per heavy atom. The van der Waals surface area contributed by atoms with Crippen LogP contribution in [0, 0.1) is 11.8 Å². The molecule has 0 heterocycles. The first-order valence-corrected chi connectivity index (χ1v) is 8.01. The predicted molar refractivity (Wildman–Crippen MR) is 78.9 cm³/mol. The van der Waals surface area contributed by atoms with Crippen molar-refractivity contribution in [3.63, 3.8) is 0 Å². The van der Waals surface area contributed by atoms with Crippen LogP contribution in [-0.2, 0) is 4.74 Å². The van der Waals surface area contributed by atoms with Crippen molar-refractivity contribution in [2.45, 2.75) is 71.8 Å². The lowest BCUT2D eigenvalue weighted by Gasteiger charge is -2.23. The van der Waals surface area contributed by atoms with Crippen molar-refractivity contribution >= 4 is 0 Å². The van der Waals surface area contributed by atoms with E-state index in [1.807, 2.05) is 0 Å². The van der Waals surface area contributed by atoms with E-state index in [4.69, 9.17) is 4.74 Å². The number of ether oxygens (including phenoxy) is 1. The normalized spacial score (nSPS) is 20.0. The van der Waals surface area contributed by atoms with Gasteiger partial charge in [0.05, 0.1) is 6.61 Å². The molecule has 0 amide bonds. The zero-order valence-electron chi connectivity index (χ0n) is 12.7. The molecule has 1 rings (SSSR count). The van der Waals surface area contributed by atoms with Gasteiger partial charge in [-0.15, -0.1) is 0 Å². The molecule has 0 bridgehead atoms. The lowest BCUT2D eigenvalue weighted by Crippen LogP contribution is -2.35. The number of hydrogen-bond acceptors (Lipinski definition) is 2. The van der Waals surface area contributed by atoms with Crippen LogP contribution in [-0.4, -0.2) is 25.8 Å². The molecule has 1 fully saturated rings. The minimum absolute atomic E-state index is 0.664. The molecule has 0 aliphatic heterocycles. The summed E-state index contributed by atoms with van der Waals surface area (Å²) in [5.74, 6) is 1.64. The minimum Gasteiger partial charge on any atom is -0.380 e. The van der Waals surface area contributed by atoms with E-state index in [2.05, 4.69) is 26.1 Å². The van der Waals surface area contributed by atoms with E-state index in [9.17, 15) is 0 Å². The quantitative estimate of drug-likeness (QED) is 0.523. The summed E-state index contributed by atoms with van der Waals surface area (Å²) in [4.78, 5) is 0. The molecule has 1 aliphatic carbocycles. The average Bonchev–Trinajstić information content (AvgIpc) is 2.61. The average molecular weight is 255 g/mol. The second-order valence-electron chi connectivity index (χ2n) is 6.29. The standard InChI is InChI=1S/C16H33NO/c1-14(2)10-12-18-13-11-17-15(3)16-8-6-4-5-7-9-16/h14-17H,4-13H2,1-3H3/t15-/m1/s1. The van der Waals surface area contributed by atoms with E-state index in [-0.39, 0.29) is 0 Å². The van der Waals surface area contributed by atoms with E-state index in [1.165, 1.54) is 44.9 Å². The van der Waals surface area contributed by atoms with Crippen LogP contribution >= 0.6 is 0 Å². The monoisotopic (exact) mass is 255 g/mol. The Morgan fingerprint density at radius 1 is 1.00 bits per heavy atom. The van der Waals surface area contributed by atoms with Crippen molar-refractivity contribution < 1.29 is 4.74 Å². The highest BCUT2D eigenvalue weighted by atomic mass is 16.5. The van der Waals surface area contributed by atoms with Crippen LogP contribution < -0.4 is 5.32 Å². The van der Waals surface area contributed by atoms with Crippen molar-refractivity contribution in [2.75, 3.05) is 19.8 Å². The van der Waals surface area contributed by atoms with Crippen LogP contribution in [0.25, 0.3) is 0 Å². The molecule has 1 atom stereocenters. The van der Waals surface area contributed by atoms with E-state index in [1.54, 1.807) is 0 Å². The van der Waals surface area contributed by atoms with Gasteiger partial charge in [0.2, 0.25) is 0 Å². The van der Waals surface area contributed by atoms with Gasteiger partial charge in [-0.2, -0.15) is 0 Å². The topological polar surface area (TPSA) is 21.3 Å². The summed E-state index contributed by atoms with van der Waals surface area (Å²) >= 11 is 0. The van der Waals surface area contributed by atoms with Gasteiger partial charge < -0.3 is 10.1 Å². The van der Waals surface area contributed by atoms with Crippen molar-refractivity contribution in [1.82, 2.24) is 5.32 Å². The first kappa shape index (κ1) is 16.0. The maximum absolute atomic E-state index is 5.64. The Bertz CT molecular complexity index is 186. The van der Waals surface area contributed by atoms with E-state index < -0.39 is 0 Å². The maximum atomic E-state index is 5.64. The van der Waals surface area contributed by atoms with Crippen LogP contribution in [0.5, 0.6) is 0 Å². The van der Waals surface area contributed by atoms with Gasteiger partial charge in [0.25, 0.3) is 0 Å². The summed E-state index contributed by atoms with van der Waals surface area (Å²) in [7, 11) is 0. The van der Waals surface area contributed by atoms with Gasteiger partial charge in [-0.05, 0) is 38.0 Å². The molecule has 1 aliphatic rings. The fourth-order valence-electron chi connectivity index (χ4n) is 2.76. The largest absolute Gasteiger partial charge is 0.380 e. The van der Waals surface area contributed by atoms with Gasteiger partial charge in [0.1, 0.15) is 0 Å². The highest BCUT2D eigenvalue weighted by molar-refractivity contribution is 4.74. The molecule has 0 spiro atoms. The third-order valence-electron chi connectivity index (χ3n) is 4.16. The van der Waals surface area contributed by atoms with Gasteiger partial charge >= 0.3 is 0 Å². The molecule has 0 unspecified atom stereocenters. The Morgan fingerprint density at radius 2 is 1.67 bits per heavy atom. The molecule has 2 heteroatoms. The van der Waals surface area contributed by atoms with Gasteiger partial charge in [-0.3, -0.25) is 0 Å². The molecule has 1 saturated carbocycles. The number of hydrogen-bond donors (Lipinski definition) is 1. The van der Waals surface area contributed by atoms with E-state index >= 15 is 0 Å².